The molecule has 0 aromatic carbocycles. The Morgan fingerprint density at radius 1 is 1.40 bits per heavy atom. The molecular formula is C18H27N5O2. The number of amides is 1. The Bertz CT molecular complexity index is 734. The van der Waals surface area contributed by atoms with Crippen molar-refractivity contribution in [2.24, 2.45) is 0 Å². The third-order valence-electron chi connectivity index (χ3n) is 4.62. The zero-order valence-electron chi connectivity index (χ0n) is 15.3. The van der Waals surface area contributed by atoms with Gasteiger partial charge in [-0.2, -0.15) is 0 Å². The number of rotatable bonds is 6. The van der Waals surface area contributed by atoms with Crippen molar-refractivity contribution in [2.75, 3.05) is 39.3 Å². The standard InChI is InChI=1S/C18H27N5O2/c1-12(2)15-11-14(16-13(3)22-25-18(16)21-15)17(24)20-5-4-8-23-9-6-19-7-10-23/h11-12,19H,4-10H2,1-3H3,(H,20,24). The summed E-state index contributed by atoms with van der Waals surface area (Å²) in [5, 5.41) is 11.1. The molecule has 0 spiro atoms. The van der Waals surface area contributed by atoms with Crippen molar-refractivity contribution in [3.8, 4) is 0 Å². The molecule has 0 saturated carbocycles. The van der Waals surface area contributed by atoms with Gasteiger partial charge in [-0.15, -0.1) is 0 Å². The molecule has 0 radical (unpaired) electrons. The Morgan fingerprint density at radius 3 is 2.88 bits per heavy atom. The highest BCUT2D eigenvalue weighted by molar-refractivity contribution is 6.06. The van der Waals surface area contributed by atoms with Gasteiger partial charge in [0.1, 0.15) is 0 Å². The fourth-order valence-electron chi connectivity index (χ4n) is 3.12. The summed E-state index contributed by atoms with van der Waals surface area (Å²) in [5.74, 6) is 0.134. The molecule has 25 heavy (non-hydrogen) atoms. The molecule has 0 bridgehead atoms. The van der Waals surface area contributed by atoms with Crippen molar-refractivity contribution in [2.45, 2.75) is 33.1 Å². The van der Waals surface area contributed by atoms with Gasteiger partial charge in [0.2, 0.25) is 0 Å². The van der Waals surface area contributed by atoms with E-state index in [4.69, 9.17) is 4.52 Å². The molecule has 2 N–H and O–H groups in total. The molecule has 1 aliphatic heterocycles. The Hall–Kier alpha value is -1.99. The van der Waals surface area contributed by atoms with E-state index >= 15 is 0 Å². The molecule has 0 atom stereocenters. The summed E-state index contributed by atoms with van der Waals surface area (Å²) < 4.78 is 5.28. The Kier molecular flexibility index (Phi) is 5.65. The van der Waals surface area contributed by atoms with E-state index in [9.17, 15) is 4.79 Å². The number of nitrogens with one attached hydrogen (secondary N) is 2. The number of carbonyl (C=O) groups is 1. The molecule has 3 heterocycles. The minimum absolute atomic E-state index is 0.0825. The van der Waals surface area contributed by atoms with Gasteiger partial charge < -0.3 is 20.1 Å². The third kappa shape index (κ3) is 4.16. The highest BCUT2D eigenvalue weighted by Gasteiger charge is 2.19. The van der Waals surface area contributed by atoms with Crippen LogP contribution in [0.25, 0.3) is 11.1 Å². The smallest absolute Gasteiger partial charge is 0.259 e. The van der Waals surface area contributed by atoms with Crippen LogP contribution in [0.1, 0.15) is 47.9 Å². The number of piperazine rings is 1. The second kappa shape index (κ2) is 7.93. The second-order valence-corrected chi connectivity index (χ2v) is 6.90. The van der Waals surface area contributed by atoms with Crippen LogP contribution in [0, 0.1) is 6.92 Å². The Labute approximate surface area is 148 Å². The van der Waals surface area contributed by atoms with Crippen molar-refractivity contribution in [3.63, 3.8) is 0 Å². The van der Waals surface area contributed by atoms with Gasteiger partial charge in [-0.25, -0.2) is 4.98 Å². The fourth-order valence-corrected chi connectivity index (χ4v) is 3.12. The number of aromatic nitrogens is 2. The molecule has 1 saturated heterocycles. The molecule has 3 rings (SSSR count). The third-order valence-corrected chi connectivity index (χ3v) is 4.62. The van der Waals surface area contributed by atoms with Crippen molar-refractivity contribution in [1.29, 1.82) is 0 Å². The molecule has 0 unspecified atom stereocenters. The lowest BCUT2D eigenvalue weighted by Gasteiger charge is -2.27. The number of aryl methyl sites for hydroxylation is 1. The zero-order valence-corrected chi connectivity index (χ0v) is 15.3. The van der Waals surface area contributed by atoms with Crippen molar-refractivity contribution in [3.05, 3.63) is 23.0 Å². The second-order valence-electron chi connectivity index (χ2n) is 6.90. The van der Waals surface area contributed by atoms with Crippen molar-refractivity contribution >= 4 is 17.0 Å². The van der Waals surface area contributed by atoms with Crippen LogP contribution in [0.4, 0.5) is 0 Å². The quantitative estimate of drug-likeness (QED) is 0.775. The normalized spacial score (nSPS) is 15.8. The maximum absolute atomic E-state index is 12.7. The van der Waals surface area contributed by atoms with Gasteiger partial charge in [-0.1, -0.05) is 19.0 Å². The summed E-state index contributed by atoms with van der Waals surface area (Å²) in [6.07, 6.45) is 0.944. The monoisotopic (exact) mass is 345 g/mol. The maximum Gasteiger partial charge on any atom is 0.259 e. The first-order valence-corrected chi connectivity index (χ1v) is 9.04. The van der Waals surface area contributed by atoms with Crippen molar-refractivity contribution < 1.29 is 9.32 Å². The molecular weight excluding hydrogens is 318 g/mol. The molecule has 2 aromatic heterocycles. The first kappa shape index (κ1) is 17.8. The molecule has 7 nitrogen and oxygen atoms in total. The van der Waals surface area contributed by atoms with Gasteiger partial charge >= 0.3 is 0 Å². The summed E-state index contributed by atoms with van der Waals surface area (Å²) in [7, 11) is 0. The number of hydrogen-bond donors (Lipinski definition) is 2. The van der Waals surface area contributed by atoms with Gasteiger partial charge in [0.25, 0.3) is 11.6 Å². The number of pyridine rings is 1. The number of carbonyl (C=O) groups excluding carboxylic acids is 1. The van der Waals surface area contributed by atoms with E-state index in [-0.39, 0.29) is 11.8 Å². The number of hydrogen-bond acceptors (Lipinski definition) is 6. The van der Waals surface area contributed by atoms with Crippen LogP contribution in [0.3, 0.4) is 0 Å². The van der Waals surface area contributed by atoms with Gasteiger partial charge in [0.05, 0.1) is 16.6 Å². The van der Waals surface area contributed by atoms with E-state index in [1.165, 1.54) is 0 Å². The SMILES string of the molecule is Cc1noc2nc(C(C)C)cc(C(=O)NCCCN3CCNCC3)c12. The topological polar surface area (TPSA) is 83.3 Å². The fraction of sp³-hybridized carbons (Fsp3) is 0.611. The number of nitrogens with zero attached hydrogens (tertiary/aromatic N) is 3. The van der Waals surface area contributed by atoms with Crippen LogP contribution in [0.5, 0.6) is 0 Å². The lowest BCUT2D eigenvalue weighted by molar-refractivity contribution is 0.0952. The van der Waals surface area contributed by atoms with E-state index in [1.54, 1.807) is 0 Å². The molecule has 7 heteroatoms. The van der Waals surface area contributed by atoms with Crippen LogP contribution in [-0.4, -0.2) is 60.2 Å². The molecule has 1 fully saturated rings. The van der Waals surface area contributed by atoms with Gasteiger partial charge in [-0.3, -0.25) is 4.79 Å². The molecule has 2 aromatic rings. The first-order valence-electron chi connectivity index (χ1n) is 9.04. The minimum atomic E-state index is -0.0825. The predicted molar refractivity (Wildman–Crippen MR) is 96.9 cm³/mol. The van der Waals surface area contributed by atoms with Crippen LogP contribution in [-0.2, 0) is 0 Å². The van der Waals surface area contributed by atoms with E-state index in [2.05, 4.69) is 25.7 Å². The van der Waals surface area contributed by atoms with E-state index in [0.29, 0.717) is 28.9 Å². The van der Waals surface area contributed by atoms with Crippen LogP contribution in [0.2, 0.25) is 0 Å². The highest BCUT2D eigenvalue weighted by Crippen LogP contribution is 2.24. The highest BCUT2D eigenvalue weighted by atomic mass is 16.5. The minimum Gasteiger partial charge on any atom is -0.352 e. The molecule has 0 aliphatic carbocycles. The lowest BCUT2D eigenvalue weighted by Crippen LogP contribution is -2.44. The summed E-state index contributed by atoms with van der Waals surface area (Å²) in [6, 6.07) is 1.86. The van der Waals surface area contributed by atoms with Gasteiger partial charge in [-0.05, 0) is 31.9 Å². The van der Waals surface area contributed by atoms with Gasteiger partial charge in [0.15, 0.2) is 0 Å². The van der Waals surface area contributed by atoms with Crippen LogP contribution in [0.15, 0.2) is 10.6 Å². The largest absolute Gasteiger partial charge is 0.352 e. The van der Waals surface area contributed by atoms with E-state index in [0.717, 1.165) is 44.8 Å². The molecule has 1 amide bonds. The molecule has 1 aliphatic rings. The average molecular weight is 345 g/mol. The average Bonchev–Trinajstić information content (AvgIpc) is 3.00. The first-order chi connectivity index (χ1) is 12.1. The molecule has 136 valence electrons. The summed E-state index contributed by atoms with van der Waals surface area (Å²) in [4.78, 5) is 19.6. The zero-order chi connectivity index (χ0) is 17.8. The number of fused-ring (bicyclic) bond motifs is 1. The lowest BCUT2D eigenvalue weighted by atomic mass is 10.0. The van der Waals surface area contributed by atoms with Gasteiger partial charge in [0, 0.05) is 38.4 Å². The summed E-state index contributed by atoms with van der Waals surface area (Å²) >= 11 is 0. The predicted octanol–water partition coefficient (Wildman–Crippen LogP) is 1.68. The Balaban J connectivity index is 1.65. The van der Waals surface area contributed by atoms with Crippen molar-refractivity contribution in [1.82, 2.24) is 25.7 Å². The Morgan fingerprint density at radius 2 is 2.16 bits per heavy atom. The van der Waals surface area contributed by atoms with E-state index in [1.807, 2.05) is 26.8 Å². The van der Waals surface area contributed by atoms with E-state index < -0.39 is 0 Å². The maximum atomic E-state index is 12.7. The summed E-state index contributed by atoms with van der Waals surface area (Å²) in [5.41, 5.74) is 2.59. The van der Waals surface area contributed by atoms with Crippen LogP contribution >= 0.6 is 0 Å². The summed E-state index contributed by atoms with van der Waals surface area (Å²) in [6.45, 7) is 11.9. The van der Waals surface area contributed by atoms with Crippen LogP contribution < -0.4 is 10.6 Å².